The number of pyridine rings is 2. The minimum Gasteiger partial charge on any atom is -0.423 e. The zero-order chi connectivity index (χ0) is 49.5. The summed E-state index contributed by atoms with van der Waals surface area (Å²) in [6.45, 7) is 7.74. The second kappa shape index (κ2) is 22.2. The van der Waals surface area contributed by atoms with E-state index in [0.29, 0.717) is 94.4 Å². The van der Waals surface area contributed by atoms with Crippen LogP contribution >= 0.6 is 34.8 Å². The van der Waals surface area contributed by atoms with Crippen LogP contribution in [0.5, 0.6) is 0 Å². The lowest BCUT2D eigenvalue weighted by Crippen LogP contribution is -2.54. The minimum absolute atomic E-state index is 0.00374. The molecule has 2 aliphatic rings. The maximum absolute atomic E-state index is 14.6. The number of piperazine rings is 2. The first kappa shape index (κ1) is 49.5. The van der Waals surface area contributed by atoms with E-state index in [4.69, 9.17) is 44.9 Å². The van der Waals surface area contributed by atoms with Crippen LogP contribution in [0, 0.1) is 11.6 Å². The van der Waals surface area contributed by atoms with Gasteiger partial charge in [0.25, 0.3) is 11.8 Å². The molecule has 0 radical (unpaired) electrons. The lowest BCUT2D eigenvalue weighted by Gasteiger charge is -2.40. The molecule has 0 bridgehead atoms. The van der Waals surface area contributed by atoms with E-state index in [1.807, 2.05) is 95.6 Å². The molecule has 14 nitrogen and oxygen atoms in total. The van der Waals surface area contributed by atoms with Crippen molar-refractivity contribution < 1.29 is 28.4 Å². The summed E-state index contributed by atoms with van der Waals surface area (Å²) in [4.78, 5) is 42.6. The van der Waals surface area contributed by atoms with Crippen LogP contribution in [-0.2, 0) is 0 Å². The van der Waals surface area contributed by atoms with Crippen LogP contribution in [-0.4, -0.2) is 120 Å². The van der Waals surface area contributed by atoms with Gasteiger partial charge in [0.1, 0.15) is 28.4 Å². The predicted octanol–water partition coefficient (Wildman–Crippen LogP) is 8.02. The van der Waals surface area contributed by atoms with E-state index in [1.165, 1.54) is 18.2 Å². The first-order chi connectivity index (χ1) is 33.8. The van der Waals surface area contributed by atoms with Crippen molar-refractivity contribution in [3.63, 3.8) is 0 Å². The molecule has 20 heteroatoms. The summed E-state index contributed by atoms with van der Waals surface area (Å²) in [5.74, 6) is 0.239. The van der Waals surface area contributed by atoms with Gasteiger partial charge in [0.2, 0.25) is 0 Å². The van der Waals surface area contributed by atoms with Gasteiger partial charge in [0.15, 0.2) is 16.8 Å². The van der Waals surface area contributed by atoms with Crippen molar-refractivity contribution in [2.45, 2.75) is 25.9 Å². The number of benzene rings is 4. The molecule has 0 unspecified atom stereocenters. The number of nitrogens with zero attached hydrogens (tertiary/aromatic N) is 10. The van der Waals surface area contributed by atoms with Gasteiger partial charge in [-0.05, 0) is 92.7 Å². The molecule has 8 aromatic rings. The second-order valence-corrected chi connectivity index (χ2v) is 17.7. The highest BCUT2D eigenvalue weighted by Crippen LogP contribution is 2.34. The molecule has 6 heterocycles. The van der Waals surface area contributed by atoms with Gasteiger partial charge in [-0.25, -0.2) is 8.78 Å². The van der Waals surface area contributed by atoms with E-state index in [2.05, 4.69) is 47.1 Å². The molecule has 2 N–H and O–H groups in total. The SMILES string of the molecule is C[C@@H]1CN(C(=O)c2ccccc2)CCN1c1nnc(-c2ccc(Cl)cc2F)c2cccnc12.C[C@@H]1CN(C(=O)c2ccccc2)CCN1c1nnc(Cl)c2cccnc12.OB(O)c1ccc(Cl)cc1F. The van der Waals surface area contributed by atoms with E-state index < -0.39 is 18.8 Å². The Bertz CT molecular complexity index is 3150. The van der Waals surface area contributed by atoms with Crippen molar-refractivity contribution in [1.29, 1.82) is 0 Å². The Morgan fingerprint density at radius 2 is 1.07 bits per heavy atom. The molecule has 2 aliphatic heterocycles. The number of amides is 2. The van der Waals surface area contributed by atoms with Crippen LogP contribution in [0.15, 0.2) is 134 Å². The molecule has 2 saturated heterocycles. The fraction of sp³-hybridized carbons (Fsp3) is 0.200. The number of carbonyl (C=O) groups is 2. The summed E-state index contributed by atoms with van der Waals surface area (Å²) in [6, 6.07) is 34.3. The highest BCUT2D eigenvalue weighted by molar-refractivity contribution is 6.58. The molecule has 0 saturated carbocycles. The van der Waals surface area contributed by atoms with E-state index in [0.717, 1.165) is 17.0 Å². The highest BCUT2D eigenvalue weighted by atomic mass is 35.5. The lowest BCUT2D eigenvalue weighted by molar-refractivity contribution is 0.0719. The Balaban J connectivity index is 0.000000158. The van der Waals surface area contributed by atoms with Gasteiger partial charge in [-0.2, -0.15) is 0 Å². The monoisotopic (exact) mass is 1000 g/mol. The molecular formula is C50H44BCl3F2N10O4. The predicted molar refractivity (Wildman–Crippen MR) is 270 cm³/mol. The number of aromatic nitrogens is 6. The largest absolute Gasteiger partial charge is 0.491 e. The van der Waals surface area contributed by atoms with Crippen molar-refractivity contribution in [2.24, 2.45) is 0 Å². The van der Waals surface area contributed by atoms with Gasteiger partial charge in [-0.1, -0.05) is 77.3 Å². The molecule has 0 aliphatic carbocycles. The van der Waals surface area contributed by atoms with Crippen LogP contribution in [0.1, 0.15) is 34.6 Å². The Hall–Kier alpha value is -6.89. The lowest BCUT2D eigenvalue weighted by atomic mass is 9.80. The standard InChI is InChI=1S/C25H21ClFN5O.C19H18ClN5O.C6H5BClFO2/c1-16-15-31(25(33)17-6-3-2-4-7-17)12-13-32(16)24-23-20(8-5-11-28-23)22(29-30-24)19-10-9-18(26)14-21(19)27;1-13-12-24(19(26)14-6-3-2-4-7-14)10-11-25(13)18-16-15(8-5-9-21-16)17(20)22-23-18;8-4-1-2-5(7(10)11)6(9)3-4/h2-11,14,16H,12-13,15H2,1H3;2-9,13H,10-12H2,1H3;1-3,10-11H/t16-;13-;/m11./s1. The molecule has 4 aromatic heterocycles. The average Bonchev–Trinajstić information content (AvgIpc) is 3.37. The molecule has 356 valence electrons. The van der Waals surface area contributed by atoms with Gasteiger partial charge >= 0.3 is 7.12 Å². The summed E-state index contributed by atoms with van der Waals surface area (Å²) in [5.41, 5.74) is 3.35. The number of rotatable bonds is 6. The minimum atomic E-state index is -1.78. The number of hydrogen-bond acceptors (Lipinski definition) is 12. The number of carbonyl (C=O) groups excluding carboxylic acids is 2. The van der Waals surface area contributed by atoms with Crippen LogP contribution in [0.25, 0.3) is 33.1 Å². The summed E-state index contributed by atoms with van der Waals surface area (Å²) in [6.07, 6.45) is 3.42. The molecule has 70 heavy (non-hydrogen) atoms. The van der Waals surface area contributed by atoms with Crippen molar-refractivity contribution in [3.05, 3.63) is 172 Å². The normalized spacial score (nSPS) is 15.7. The topological polar surface area (TPSA) is 165 Å². The van der Waals surface area contributed by atoms with Crippen molar-refractivity contribution in [2.75, 3.05) is 49.1 Å². The van der Waals surface area contributed by atoms with Gasteiger partial charge in [-0.3, -0.25) is 19.6 Å². The molecule has 2 fully saturated rings. The quantitative estimate of drug-likeness (QED) is 0.155. The van der Waals surface area contributed by atoms with Crippen LogP contribution in [0.4, 0.5) is 20.4 Å². The summed E-state index contributed by atoms with van der Waals surface area (Å²) in [7, 11) is -1.78. The molecule has 4 aromatic carbocycles. The van der Waals surface area contributed by atoms with Crippen molar-refractivity contribution in [1.82, 2.24) is 40.2 Å². The highest BCUT2D eigenvalue weighted by Gasteiger charge is 2.32. The number of fused-ring (bicyclic) bond motifs is 2. The average molecular weight is 1000 g/mol. The number of halogens is 5. The Morgan fingerprint density at radius 3 is 1.57 bits per heavy atom. The first-order valence-corrected chi connectivity index (χ1v) is 23.3. The third-order valence-electron chi connectivity index (χ3n) is 11.8. The number of anilines is 2. The zero-order valence-corrected chi connectivity index (χ0v) is 40.0. The third-order valence-corrected chi connectivity index (χ3v) is 12.6. The van der Waals surface area contributed by atoms with Gasteiger partial charge in [0, 0.05) is 107 Å². The smallest absolute Gasteiger partial charge is 0.423 e. The second-order valence-electron chi connectivity index (χ2n) is 16.5. The molecule has 2 amide bonds. The maximum Gasteiger partial charge on any atom is 0.491 e. The third kappa shape index (κ3) is 11.1. The fourth-order valence-corrected chi connectivity index (χ4v) is 8.84. The van der Waals surface area contributed by atoms with E-state index in [-0.39, 0.29) is 34.4 Å². The first-order valence-electron chi connectivity index (χ1n) is 22.2. The maximum atomic E-state index is 14.6. The van der Waals surface area contributed by atoms with Crippen LogP contribution in [0.3, 0.4) is 0 Å². The molecular weight excluding hydrogens is 960 g/mol. The Labute approximate surface area is 417 Å². The summed E-state index contributed by atoms with van der Waals surface area (Å²) >= 11 is 17.5. The van der Waals surface area contributed by atoms with Gasteiger partial charge < -0.3 is 29.6 Å². The van der Waals surface area contributed by atoms with E-state index in [9.17, 15) is 18.4 Å². The van der Waals surface area contributed by atoms with Gasteiger partial charge in [-0.15, -0.1) is 20.4 Å². The van der Waals surface area contributed by atoms with Crippen LogP contribution < -0.4 is 15.3 Å². The van der Waals surface area contributed by atoms with Crippen LogP contribution in [0.2, 0.25) is 15.2 Å². The van der Waals surface area contributed by atoms with E-state index >= 15 is 0 Å². The van der Waals surface area contributed by atoms with Gasteiger partial charge in [0.05, 0.1) is 0 Å². The number of hydrogen-bond donors (Lipinski definition) is 2. The Kier molecular flexibility index (Phi) is 15.7. The molecule has 10 rings (SSSR count). The molecule has 2 atom stereocenters. The fourth-order valence-electron chi connectivity index (χ4n) is 8.33. The summed E-state index contributed by atoms with van der Waals surface area (Å²) < 4.78 is 27.3. The van der Waals surface area contributed by atoms with Crippen molar-refractivity contribution >= 4 is 92.6 Å². The Morgan fingerprint density at radius 1 is 0.586 bits per heavy atom. The van der Waals surface area contributed by atoms with E-state index in [1.54, 1.807) is 30.6 Å². The molecule has 0 spiro atoms. The van der Waals surface area contributed by atoms with Crippen molar-refractivity contribution in [3.8, 4) is 11.3 Å². The summed E-state index contributed by atoms with van der Waals surface area (Å²) in [5, 5.41) is 36.7. The zero-order valence-electron chi connectivity index (χ0n) is 37.7.